The van der Waals surface area contributed by atoms with Crippen LogP contribution in [-0.2, 0) is 6.54 Å². The van der Waals surface area contributed by atoms with E-state index in [1.54, 1.807) is 0 Å². The van der Waals surface area contributed by atoms with Crippen molar-refractivity contribution >= 4 is 0 Å². The smallest absolute Gasteiger partial charge is 0.0196 e. The monoisotopic (exact) mass is 123 g/mol. The van der Waals surface area contributed by atoms with Gasteiger partial charge in [-0.25, -0.2) is 0 Å². The number of aryl methyl sites for hydroxylation is 2. The van der Waals surface area contributed by atoms with Crippen molar-refractivity contribution in [3.63, 3.8) is 0 Å². The summed E-state index contributed by atoms with van der Waals surface area (Å²) in [5.41, 5.74) is 2.71. The molecule has 0 N–H and O–H groups in total. The Hall–Kier alpha value is -0.720. The predicted molar refractivity (Wildman–Crippen MR) is 39.6 cm³/mol. The number of rotatable bonds is 1. The molecule has 0 spiro atoms. The molecule has 0 aliphatic carbocycles. The first kappa shape index (κ1) is 6.40. The summed E-state index contributed by atoms with van der Waals surface area (Å²) in [7, 11) is 0. The highest BCUT2D eigenvalue weighted by Gasteiger charge is 1.94. The Morgan fingerprint density at radius 3 is 1.89 bits per heavy atom. The van der Waals surface area contributed by atoms with Crippen LogP contribution < -0.4 is 0 Å². The van der Waals surface area contributed by atoms with Crippen molar-refractivity contribution in [3.05, 3.63) is 23.5 Å². The quantitative estimate of drug-likeness (QED) is 0.539. The molecule has 50 valence electrons. The Kier molecular flexibility index (Phi) is 1.60. The molecule has 0 radical (unpaired) electrons. The fourth-order valence-electron chi connectivity index (χ4n) is 1.20. The van der Waals surface area contributed by atoms with E-state index in [1.807, 2.05) is 0 Å². The van der Waals surface area contributed by atoms with Crippen molar-refractivity contribution < 1.29 is 0 Å². The minimum absolute atomic E-state index is 1.09. The zero-order valence-electron chi connectivity index (χ0n) is 6.31. The van der Waals surface area contributed by atoms with Crippen LogP contribution >= 0.6 is 0 Å². The van der Waals surface area contributed by atoms with Crippen molar-refractivity contribution in [3.8, 4) is 0 Å². The van der Waals surface area contributed by atoms with Crippen LogP contribution in [0.25, 0.3) is 0 Å². The number of nitrogens with zero attached hydrogens (tertiary/aromatic N) is 1. The molecule has 0 aliphatic rings. The van der Waals surface area contributed by atoms with Crippen molar-refractivity contribution in [1.82, 2.24) is 4.57 Å². The van der Waals surface area contributed by atoms with Gasteiger partial charge in [0.2, 0.25) is 0 Å². The van der Waals surface area contributed by atoms with Gasteiger partial charge >= 0.3 is 0 Å². The first-order valence-corrected chi connectivity index (χ1v) is 3.38. The molecule has 0 aliphatic heterocycles. The van der Waals surface area contributed by atoms with Gasteiger partial charge in [-0.2, -0.15) is 0 Å². The van der Waals surface area contributed by atoms with E-state index >= 15 is 0 Å². The van der Waals surface area contributed by atoms with Crippen LogP contribution in [0.3, 0.4) is 0 Å². The van der Waals surface area contributed by atoms with Crippen LogP contribution in [-0.4, -0.2) is 4.57 Å². The molecule has 1 aromatic rings. The average Bonchev–Trinajstić information content (AvgIpc) is 2.12. The molecular weight excluding hydrogens is 110 g/mol. The molecule has 1 rings (SSSR count). The summed E-state index contributed by atoms with van der Waals surface area (Å²) in [6.45, 7) is 7.53. The largest absolute Gasteiger partial charge is 0.349 e. The summed E-state index contributed by atoms with van der Waals surface area (Å²) in [5, 5.41) is 0. The molecule has 1 heteroatoms. The lowest BCUT2D eigenvalue weighted by Gasteiger charge is -2.02. The van der Waals surface area contributed by atoms with Gasteiger partial charge < -0.3 is 4.57 Å². The van der Waals surface area contributed by atoms with Gasteiger partial charge in [-0.1, -0.05) is 0 Å². The van der Waals surface area contributed by atoms with Crippen LogP contribution in [0.15, 0.2) is 12.1 Å². The topological polar surface area (TPSA) is 4.93 Å². The Morgan fingerprint density at radius 1 is 1.22 bits per heavy atom. The van der Waals surface area contributed by atoms with E-state index in [9.17, 15) is 0 Å². The average molecular weight is 123 g/mol. The molecular formula is C8H13N. The summed E-state index contributed by atoms with van der Waals surface area (Å²) < 4.78 is 2.29. The molecule has 0 amide bonds. The molecule has 0 bridgehead atoms. The van der Waals surface area contributed by atoms with E-state index in [-0.39, 0.29) is 0 Å². The highest BCUT2D eigenvalue weighted by atomic mass is 15.0. The fraction of sp³-hybridized carbons (Fsp3) is 0.500. The third-order valence-corrected chi connectivity index (χ3v) is 1.73. The molecule has 9 heavy (non-hydrogen) atoms. The van der Waals surface area contributed by atoms with Gasteiger partial charge in [-0.05, 0) is 32.9 Å². The molecule has 1 nitrogen and oxygen atoms in total. The summed E-state index contributed by atoms with van der Waals surface area (Å²) >= 11 is 0. The fourth-order valence-corrected chi connectivity index (χ4v) is 1.20. The lowest BCUT2D eigenvalue weighted by molar-refractivity contribution is 0.719. The summed E-state index contributed by atoms with van der Waals surface area (Å²) in [6, 6.07) is 4.30. The lowest BCUT2D eigenvalue weighted by Crippen LogP contribution is -1.97. The van der Waals surface area contributed by atoms with Gasteiger partial charge in [0.1, 0.15) is 0 Å². The minimum atomic E-state index is 1.09. The first-order chi connectivity index (χ1) is 4.25. The number of aromatic nitrogens is 1. The molecule has 1 aromatic heterocycles. The predicted octanol–water partition coefficient (Wildman–Crippen LogP) is 2.12. The number of hydrogen-bond acceptors (Lipinski definition) is 0. The zero-order chi connectivity index (χ0) is 6.85. The first-order valence-electron chi connectivity index (χ1n) is 3.38. The highest BCUT2D eigenvalue weighted by Crippen LogP contribution is 2.05. The number of hydrogen-bond donors (Lipinski definition) is 0. The highest BCUT2D eigenvalue weighted by molar-refractivity contribution is 5.13. The van der Waals surface area contributed by atoms with Crippen LogP contribution in [0.4, 0.5) is 0 Å². The zero-order valence-corrected chi connectivity index (χ0v) is 6.31. The van der Waals surface area contributed by atoms with Crippen molar-refractivity contribution in [2.45, 2.75) is 27.3 Å². The molecule has 0 atom stereocenters. The van der Waals surface area contributed by atoms with E-state index in [4.69, 9.17) is 0 Å². The van der Waals surface area contributed by atoms with Gasteiger partial charge in [0, 0.05) is 17.9 Å². The van der Waals surface area contributed by atoms with E-state index in [1.165, 1.54) is 11.4 Å². The standard InChI is InChI=1S/C8H13N/c1-4-9-7(2)5-6-8(9)3/h5-6H,4H2,1-3H3. The summed E-state index contributed by atoms with van der Waals surface area (Å²) in [6.07, 6.45) is 0. The molecule has 0 saturated carbocycles. The van der Waals surface area contributed by atoms with Crippen LogP contribution in [0.2, 0.25) is 0 Å². The maximum absolute atomic E-state index is 2.29. The maximum atomic E-state index is 2.29. The second-order valence-electron chi connectivity index (χ2n) is 2.36. The minimum Gasteiger partial charge on any atom is -0.349 e. The molecule has 0 unspecified atom stereocenters. The van der Waals surface area contributed by atoms with E-state index in [2.05, 4.69) is 37.5 Å². The Labute approximate surface area is 56.3 Å². The Balaban J connectivity index is 3.07. The van der Waals surface area contributed by atoms with Crippen LogP contribution in [0.5, 0.6) is 0 Å². The van der Waals surface area contributed by atoms with Gasteiger partial charge in [-0.15, -0.1) is 0 Å². The Bertz CT molecular complexity index is 179. The van der Waals surface area contributed by atoms with E-state index in [0.717, 1.165) is 6.54 Å². The van der Waals surface area contributed by atoms with E-state index < -0.39 is 0 Å². The lowest BCUT2D eigenvalue weighted by atomic mass is 10.5. The molecule has 0 aromatic carbocycles. The van der Waals surface area contributed by atoms with Crippen molar-refractivity contribution in [2.75, 3.05) is 0 Å². The summed E-state index contributed by atoms with van der Waals surface area (Å²) in [4.78, 5) is 0. The van der Waals surface area contributed by atoms with Gasteiger partial charge in [0.15, 0.2) is 0 Å². The van der Waals surface area contributed by atoms with Crippen LogP contribution in [0, 0.1) is 13.8 Å². The molecule has 1 heterocycles. The van der Waals surface area contributed by atoms with Crippen LogP contribution in [0.1, 0.15) is 18.3 Å². The van der Waals surface area contributed by atoms with Gasteiger partial charge in [0.05, 0.1) is 0 Å². The van der Waals surface area contributed by atoms with E-state index in [0.29, 0.717) is 0 Å². The van der Waals surface area contributed by atoms with Crippen molar-refractivity contribution in [1.29, 1.82) is 0 Å². The second-order valence-corrected chi connectivity index (χ2v) is 2.36. The maximum Gasteiger partial charge on any atom is 0.0196 e. The van der Waals surface area contributed by atoms with Crippen molar-refractivity contribution in [2.24, 2.45) is 0 Å². The normalized spacial score (nSPS) is 10.1. The SMILES string of the molecule is CCn1c(C)ccc1C. The third-order valence-electron chi connectivity index (χ3n) is 1.73. The third kappa shape index (κ3) is 0.995. The Morgan fingerprint density at radius 2 is 1.67 bits per heavy atom. The summed E-state index contributed by atoms with van der Waals surface area (Å²) in [5.74, 6) is 0. The van der Waals surface area contributed by atoms with Gasteiger partial charge in [0.25, 0.3) is 0 Å². The molecule has 0 fully saturated rings. The van der Waals surface area contributed by atoms with Gasteiger partial charge in [-0.3, -0.25) is 0 Å². The second kappa shape index (κ2) is 2.26. The molecule has 0 saturated heterocycles.